The molecule has 0 radical (unpaired) electrons. The number of aromatic nitrogens is 3. The molecule has 5 heteroatoms. The minimum Gasteiger partial charge on any atom is -0.351 e. The number of hydrogen-bond acceptors (Lipinski definition) is 3. The number of hydrogen-bond donors (Lipinski definition) is 1. The maximum atomic E-state index is 11.5. The zero-order valence-electron chi connectivity index (χ0n) is 8.76. The highest BCUT2D eigenvalue weighted by Gasteiger charge is 2.06. The third-order valence-electron chi connectivity index (χ3n) is 2.16. The number of rotatable bonds is 4. The van der Waals surface area contributed by atoms with Gasteiger partial charge in [0.2, 0.25) is 5.91 Å². The van der Waals surface area contributed by atoms with Gasteiger partial charge in [-0.15, -0.1) is 11.7 Å². The summed E-state index contributed by atoms with van der Waals surface area (Å²) in [6.07, 6.45) is 1.64. The maximum absolute atomic E-state index is 11.5. The Labute approximate surface area is 92.8 Å². The molecule has 0 bridgehead atoms. The van der Waals surface area contributed by atoms with Crippen LogP contribution in [-0.4, -0.2) is 27.4 Å². The highest BCUT2D eigenvalue weighted by molar-refractivity contribution is 5.79. The molecule has 0 fully saturated rings. The second-order valence-corrected chi connectivity index (χ2v) is 3.33. The van der Waals surface area contributed by atoms with Crippen LogP contribution in [0.25, 0.3) is 11.0 Å². The highest BCUT2D eigenvalue weighted by atomic mass is 16.2. The Morgan fingerprint density at radius 2 is 2.31 bits per heavy atom. The van der Waals surface area contributed by atoms with Crippen LogP contribution in [0.4, 0.5) is 0 Å². The van der Waals surface area contributed by atoms with Crippen molar-refractivity contribution in [3.05, 3.63) is 36.9 Å². The van der Waals surface area contributed by atoms with Gasteiger partial charge in [-0.25, -0.2) is 4.68 Å². The van der Waals surface area contributed by atoms with Crippen molar-refractivity contribution in [2.45, 2.75) is 6.54 Å². The fourth-order valence-electron chi connectivity index (χ4n) is 1.41. The summed E-state index contributed by atoms with van der Waals surface area (Å²) in [7, 11) is 0. The summed E-state index contributed by atoms with van der Waals surface area (Å²) in [5.74, 6) is -0.101. The van der Waals surface area contributed by atoms with E-state index in [0.29, 0.717) is 6.54 Å². The third-order valence-corrected chi connectivity index (χ3v) is 2.16. The molecule has 2 rings (SSSR count). The standard InChI is InChI=1S/C11H12N4O/c1-2-7-12-11(16)8-15-10-6-4-3-5-9(10)13-14-15/h2-6H,1,7-8H2,(H,12,16). The second kappa shape index (κ2) is 4.57. The number of carbonyl (C=O) groups excluding carboxylic acids is 1. The minimum atomic E-state index is -0.101. The molecule has 1 aromatic heterocycles. The van der Waals surface area contributed by atoms with Gasteiger partial charge in [-0.05, 0) is 12.1 Å². The number of nitrogens with one attached hydrogen (secondary N) is 1. The molecule has 0 aliphatic rings. The monoisotopic (exact) mass is 216 g/mol. The molecule has 1 heterocycles. The summed E-state index contributed by atoms with van der Waals surface area (Å²) in [6.45, 7) is 4.17. The molecule has 0 unspecified atom stereocenters. The van der Waals surface area contributed by atoms with Crippen molar-refractivity contribution in [3.8, 4) is 0 Å². The zero-order chi connectivity index (χ0) is 11.4. The van der Waals surface area contributed by atoms with Gasteiger partial charge in [0.05, 0.1) is 5.52 Å². The molecule has 0 aliphatic carbocycles. The van der Waals surface area contributed by atoms with Crippen LogP contribution in [0, 0.1) is 0 Å². The van der Waals surface area contributed by atoms with E-state index in [4.69, 9.17) is 0 Å². The molecule has 2 aromatic rings. The number of para-hydroxylation sites is 1. The normalized spacial score (nSPS) is 10.2. The lowest BCUT2D eigenvalue weighted by Gasteiger charge is -2.02. The molecule has 1 N–H and O–H groups in total. The quantitative estimate of drug-likeness (QED) is 0.766. The molecule has 0 aliphatic heterocycles. The first-order valence-corrected chi connectivity index (χ1v) is 4.97. The number of carbonyl (C=O) groups is 1. The minimum absolute atomic E-state index is 0.101. The smallest absolute Gasteiger partial charge is 0.242 e. The summed E-state index contributed by atoms with van der Waals surface area (Å²) in [4.78, 5) is 11.5. The van der Waals surface area contributed by atoms with Crippen molar-refractivity contribution < 1.29 is 4.79 Å². The lowest BCUT2D eigenvalue weighted by molar-refractivity contribution is -0.121. The molecule has 0 atom stereocenters. The van der Waals surface area contributed by atoms with Crippen molar-refractivity contribution in [2.75, 3.05) is 6.54 Å². The third kappa shape index (κ3) is 2.08. The largest absolute Gasteiger partial charge is 0.351 e. The van der Waals surface area contributed by atoms with Gasteiger partial charge in [-0.3, -0.25) is 4.79 Å². The van der Waals surface area contributed by atoms with E-state index in [1.165, 1.54) is 0 Å². The van der Waals surface area contributed by atoms with E-state index in [-0.39, 0.29) is 12.5 Å². The van der Waals surface area contributed by atoms with Crippen molar-refractivity contribution >= 4 is 16.9 Å². The molecular formula is C11H12N4O. The second-order valence-electron chi connectivity index (χ2n) is 3.33. The number of nitrogens with zero attached hydrogens (tertiary/aromatic N) is 3. The lowest BCUT2D eigenvalue weighted by Crippen LogP contribution is -2.27. The van der Waals surface area contributed by atoms with Gasteiger partial charge in [-0.2, -0.15) is 0 Å². The topological polar surface area (TPSA) is 59.8 Å². The first-order valence-electron chi connectivity index (χ1n) is 4.97. The summed E-state index contributed by atoms with van der Waals surface area (Å²) >= 11 is 0. The van der Waals surface area contributed by atoms with Gasteiger partial charge < -0.3 is 5.32 Å². The van der Waals surface area contributed by atoms with Gasteiger partial charge in [0.15, 0.2) is 0 Å². The van der Waals surface area contributed by atoms with Crippen molar-refractivity contribution in [1.29, 1.82) is 0 Å². The van der Waals surface area contributed by atoms with Crippen molar-refractivity contribution in [3.63, 3.8) is 0 Å². The summed E-state index contributed by atoms with van der Waals surface area (Å²) < 4.78 is 1.58. The van der Waals surface area contributed by atoms with Gasteiger partial charge in [-0.1, -0.05) is 23.4 Å². The molecule has 1 amide bonds. The molecule has 0 saturated carbocycles. The summed E-state index contributed by atoms with van der Waals surface area (Å²) in [6, 6.07) is 7.53. The number of amides is 1. The number of fused-ring (bicyclic) bond motifs is 1. The van der Waals surface area contributed by atoms with Crippen LogP contribution in [-0.2, 0) is 11.3 Å². The Morgan fingerprint density at radius 1 is 1.50 bits per heavy atom. The summed E-state index contributed by atoms with van der Waals surface area (Å²) in [5.41, 5.74) is 1.65. The van der Waals surface area contributed by atoms with E-state index in [0.717, 1.165) is 11.0 Å². The van der Waals surface area contributed by atoms with Crippen LogP contribution in [0.5, 0.6) is 0 Å². The molecule has 82 valence electrons. The zero-order valence-corrected chi connectivity index (χ0v) is 8.76. The highest BCUT2D eigenvalue weighted by Crippen LogP contribution is 2.08. The van der Waals surface area contributed by atoms with Gasteiger partial charge in [0.1, 0.15) is 12.1 Å². The van der Waals surface area contributed by atoms with E-state index >= 15 is 0 Å². The Balaban J connectivity index is 2.15. The predicted octanol–water partition coefficient (Wildman–Crippen LogP) is 0.733. The SMILES string of the molecule is C=CCNC(=O)Cn1nnc2ccccc21. The molecule has 0 saturated heterocycles. The molecular weight excluding hydrogens is 204 g/mol. The van der Waals surface area contributed by atoms with Gasteiger partial charge >= 0.3 is 0 Å². The Bertz CT molecular complexity index is 517. The number of benzene rings is 1. The van der Waals surface area contributed by atoms with Crippen LogP contribution in [0.2, 0.25) is 0 Å². The fraction of sp³-hybridized carbons (Fsp3) is 0.182. The van der Waals surface area contributed by atoms with Crippen LogP contribution in [0.15, 0.2) is 36.9 Å². The van der Waals surface area contributed by atoms with Crippen LogP contribution < -0.4 is 5.32 Å². The van der Waals surface area contributed by atoms with Crippen LogP contribution in [0.3, 0.4) is 0 Å². The molecule has 1 aromatic carbocycles. The average molecular weight is 216 g/mol. The molecule has 16 heavy (non-hydrogen) atoms. The van der Waals surface area contributed by atoms with E-state index in [2.05, 4.69) is 22.2 Å². The maximum Gasteiger partial charge on any atom is 0.242 e. The molecule has 0 spiro atoms. The Hall–Kier alpha value is -2.17. The predicted molar refractivity (Wildman–Crippen MR) is 60.7 cm³/mol. The van der Waals surface area contributed by atoms with Crippen LogP contribution >= 0.6 is 0 Å². The van der Waals surface area contributed by atoms with Gasteiger partial charge in [0.25, 0.3) is 0 Å². The first kappa shape index (κ1) is 10.4. The lowest BCUT2D eigenvalue weighted by atomic mass is 10.3. The Morgan fingerprint density at radius 3 is 3.12 bits per heavy atom. The molecule has 5 nitrogen and oxygen atoms in total. The average Bonchev–Trinajstić information content (AvgIpc) is 2.70. The van der Waals surface area contributed by atoms with E-state index in [9.17, 15) is 4.79 Å². The van der Waals surface area contributed by atoms with Gasteiger partial charge in [0, 0.05) is 6.54 Å². The Kier molecular flexibility index (Phi) is 2.95. The van der Waals surface area contributed by atoms with E-state index in [1.807, 2.05) is 24.3 Å². The first-order chi connectivity index (χ1) is 7.81. The van der Waals surface area contributed by atoms with E-state index in [1.54, 1.807) is 10.8 Å². The summed E-state index contributed by atoms with van der Waals surface area (Å²) in [5, 5.41) is 10.6. The van der Waals surface area contributed by atoms with Crippen molar-refractivity contribution in [1.82, 2.24) is 20.3 Å². The van der Waals surface area contributed by atoms with E-state index < -0.39 is 0 Å². The van der Waals surface area contributed by atoms with Crippen LogP contribution in [0.1, 0.15) is 0 Å². The van der Waals surface area contributed by atoms with Crippen molar-refractivity contribution in [2.24, 2.45) is 0 Å². The fourth-order valence-corrected chi connectivity index (χ4v) is 1.41.